The molecule has 1 aliphatic rings. The van der Waals surface area contributed by atoms with Crippen LogP contribution >= 0.6 is 0 Å². The van der Waals surface area contributed by atoms with E-state index in [1.165, 1.54) is 11.3 Å². The third-order valence-corrected chi connectivity index (χ3v) is 4.68. The van der Waals surface area contributed by atoms with Crippen LogP contribution in [0.15, 0.2) is 36.5 Å². The lowest BCUT2D eigenvalue weighted by molar-refractivity contribution is 0.240. The second-order valence-corrected chi connectivity index (χ2v) is 6.62. The molecule has 1 aromatic carbocycles. The van der Waals surface area contributed by atoms with Crippen LogP contribution in [0.4, 0.5) is 0 Å². The van der Waals surface area contributed by atoms with Gasteiger partial charge < -0.3 is 5.11 Å². The van der Waals surface area contributed by atoms with Gasteiger partial charge in [0.1, 0.15) is 17.1 Å². The Bertz CT molecular complexity index is 909. The summed E-state index contributed by atoms with van der Waals surface area (Å²) in [6.07, 6.45) is 4.96. The highest BCUT2D eigenvalue weighted by atomic mass is 16.3. The number of benzene rings is 1. The Morgan fingerprint density at radius 2 is 2.08 bits per heavy atom. The summed E-state index contributed by atoms with van der Waals surface area (Å²) in [5.41, 5.74) is 4.06. The highest BCUT2D eigenvalue weighted by molar-refractivity contribution is 5.84. The zero-order valence-corrected chi connectivity index (χ0v) is 14.4. The quantitative estimate of drug-likeness (QED) is 0.793. The van der Waals surface area contributed by atoms with Crippen molar-refractivity contribution >= 4 is 10.9 Å². The van der Waals surface area contributed by atoms with E-state index in [0.717, 1.165) is 55.8 Å². The van der Waals surface area contributed by atoms with E-state index < -0.39 is 0 Å². The van der Waals surface area contributed by atoms with Crippen molar-refractivity contribution in [2.75, 3.05) is 6.54 Å². The Kier molecular flexibility index (Phi) is 4.32. The molecule has 5 heteroatoms. The summed E-state index contributed by atoms with van der Waals surface area (Å²) in [5.74, 6) is 1.20. The maximum Gasteiger partial charge on any atom is 0.141 e. The summed E-state index contributed by atoms with van der Waals surface area (Å²) in [6.45, 7) is 4.73. The molecule has 0 fully saturated rings. The number of aromatic nitrogens is 3. The number of aryl methyl sites for hydroxylation is 1. The fourth-order valence-corrected chi connectivity index (χ4v) is 3.38. The molecular weight excluding hydrogens is 312 g/mol. The zero-order valence-electron chi connectivity index (χ0n) is 14.4. The Morgan fingerprint density at radius 3 is 2.96 bits per heavy atom. The lowest BCUT2D eigenvalue weighted by Gasteiger charge is -2.27. The van der Waals surface area contributed by atoms with Crippen LogP contribution in [0, 0.1) is 0 Å². The second kappa shape index (κ2) is 6.76. The number of pyridine rings is 1. The van der Waals surface area contributed by atoms with Gasteiger partial charge in [-0.1, -0.05) is 25.1 Å². The van der Waals surface area contributed by atoms with Gasteiger partial charge in [0.15, 0.2) is 0 Å². The molecule has 0 radical (unpaired) electrons. The molecule has 128 valence electrons. The molecule has 5 nitrogen and oxygen atoms in total. The summed E-state index contributed by atoms with van der Waals surface area (Å²) < 4.78 is 0. The molecule has 25 heavy (non-hydrogen) atoms. The van der Waals surface area contributed by atoms with E-state index in [4.69, 9.17) is 4.98 Å². The average Bonchev–Trinajstić information content (AvgIpc) is 2.63. The highest BCUT2D eigenvalue weighted by Gasteiger charge is 2.19. The first-order valence-electron chi connectivity index (χ1n) is 8.86. The number of hydrogen-bond acceptors (Lipinski definition) is 5. The highest BCUT2D eigenvalue weighted by Crippen LogP contribution is 2.24. The molecule has 1 N–H and O–H groups in total. The van der Waals surface area contributed by atoms with Gasteiger partial charge in [0, 0.05) is 55.3 Å². The first kappa shape index (κ1) is 16.0. The first-order chi connectivity index (χ1) is 12.2. The molecule has 3 aromatic rings. The van der Waals surface area contributed by atoms with Gasteiger partial charge in [-0.25, -0.2) is 15.0 Å². The Labute approximate surface area is 147 Å². The van der Waals surface area contributed by atoms with Crippen LogP contribution in [0.2, 0.25) is 0 Å². The lowest BCUT2D eigenvalue weighted by atomic mass is 10.1. The minimum atomic E-state index is 0.236. The van der Waals surface area contributed by atoms with Crippen molar-refractivity contribution in [3.63, 3.8) is 0 Å². The minimum Gasteiger partial charge on any atom is -0.506 e. The van der Waals surface area contributed by atoms with Gasteiger partial charge in [-0.3, -0.25) is 4.90 Å². The van der Waals surface area contributed by atoms with Crippen molar-refractivity contribution in [3.05, 3.63) is 59.3 Å². The van der Waals surface area contributed by atoms with E-state index in [1.54, 1.807) is 6.07 Å². The van der Waals surface area contributed by atoms with Gasteiger partial charge in [0.2, 0.25) is 0 Å². The van der Waals surface area contributed by atoms with Crippen LogP contribution in [0.25, 0.3) is 10.9 Å². The summed E-state index contributed by atoms with van der Waals surface area (Å²) in [7, 11) is 0. The van der Waals surface area contributed by atoms with Crippen LogP contribution in [0.3, 0.4) is 0 Å². The molecular formula is C20H22N4O. The van der Waals surface area contributed by atoms with Crippen LogP contribution in [-0.2, 0) is 25.9 Å². The van der Waals surface area contributed by atoms with Crippen molar-refractivity contribution in [1.29, 1.82) is 0 Å². The molecule has 0 amide bonds. The van der Waals surface area contributed by atoms with Gasteiger partial charge in [-0.05, 0) is 18.6 Å². The number of para-hydroxylation sites is 1. The molecule has 0 aliphatic carbocycles. The van der Waals surface area contributed by atoms with Crippen LogP contribution in [0.1, 0.15) is 36.1 Å². The van der Waals surface area contributed by atoms with Gasteiger partial charge in [-0.15, -0.1) is 0 Å². The topological polar surface area (TPSA) is 62.1 Å². The summed E-state index contributed by atoms with van der Waals surface area (Å²) >= 11 is 0. The smallest absolute Gasteiger partial charge is 0.141 e. The summed E-state index contributed by atoms with van der Waals surface area (Å²) in [6, 6.07) is 9.55. The number of rotatable bonds is 4. The monoisotopic (exact) mass is 334 g/mol. The van der Waals surface area contributed by atoms with E-state index in [2.05, 4.69) is 21.8 Å². The number of phenolic OH excluding ortho intramolecular Hbond substituents is 1. The molecule has 0 atom stereocenters. The maximum atomic E-state index is 10.0. The summed E-state index contributed by atoms with van der Waals surface area (Å²) in [4.78, 5) is 16.2. The van der Waals surface area contributed by atoms with E-state index in [1.807, 2.05) is 30.5 Å². The number of nitrogens with zero attached hydrogens (tertiary/aromatic N) is 4. The Hall–Kier alpha value is -2.53. The van der Waals surface area contributed by atoms with E-state index in [0.29, 0.717) is 5.52 Å². The molecule has 4 rings (SSSR count). The molecule has 0 saturated carbocycles. The Balaban J connectivity index is 1.52. The molecule has 2 aromatic heterocycles. The lowest BCUT2D eigenvalue weighted by Crippen LogP contribution is -2.31. The molecule has 1 aliphatic heterocycles. The number of hydrogen-bond donors (Lipinski definition) is 1. The molecule has 0 saturated heterocycles. The van der Waals surface area contributed by atoms with E-state index >= 15 is 0 Å². The predicted octanol–water partition coefficient (Wildman–Crippen LogP) is 3.24. The van der Waals surface area contributed by atoms with Gasteiger partial charge in [-0.2, -0.15) is 0 Å². The average molecular weight is 334 g/mol. The van der Waals surface area contributed by atoms with Crippen LogP contribution < -0.4 is 0 Å². The van der Waals surface area contributed by atoms with Crippen LogP contribution in [0.5, 0.6) is 5.75 Å². The van der Waals surface area contributed by atoms with Crippen molar-refractivity contribution in [3.8, 4) is 5.75 Å². The number of fused-ring (bicyclic) bond motifs is 2. The third-order valence-electron chi connectivity index (χ3n) is 4.68. The Morgan fingerprint density at radius 1 is 1.16 bits per heavy atom. The normalized spacial score (nSPS) is 14.6. The van der Waals surface area contributed by atoms with Crippen molar-refractivity contribution in [2.24, 2.45) is 0 Å². The van der Waals surface area contributed by atoms with E-state index in [-0.39, 0.29) is 5.75 Å². The minimum absolute atomic E-state index is 0.236. The molecule has 0 spiro atoms. The second-order valence-electron chi connectivity index (χ2n) is 6.62. The third kappa shape index (κ3) is 3.33. The van der Waals surface area contributed by atoms with Gasteiger partial charge in [0.25, 0.3) is 0 Å². The van der Waals surface area contributed by atoms with Crippen molar-refractivity contribution in [2.45, 2.75) is 39.3 Å². The molecule has 0 bridgehead atoms. The van der Waals surface area contributed by atoms with Gasteiger partial charge in [0.05, 0.1) is 5.69 Å². The summed E-state index contributed by atoms with van der Waals surface area (Å²) in [5, 5.41) is 11.0. The van der Waals surface area contributed by atoms with Crippen LogP contribution in [-0.4, -0.2) is 31.5 Å². The first-order valence-corrected chi connectivity index (χ1v) is 8.86. The number of aromatic hydroxyl groups is 1. The number of phenols is 1. The van der Waals surface area contributed by atoms with Gasteiger partial charge >= 0.3 is 0 Å². The van der Waals surface area contributed by atoms with Crippen molar-refractivity contribution in [1.82, 2.24) is 19.9 Å². The predicted molar refractivity (Wildman–Crippen MR) is 97.3 cm³/mol. The zero-order chi connectivity index (χ0) is 17.2. The van der Waals surface area contributed by atoms with E-state index in [9.17, 15) is 5.11 Å². The van der Waals surface area contributed by atoms with Crippen molar-refractivity contribution < 1.29 is 5.11 Å². The molecule has 0 unspecified atom stereocenters. The SMILES string of the molecule is CCCc1ncc2c(n1)CCN(Cc1ccc3cccc(O)c3n1)C2. The molecule has 3 heterocycles. The maximum absolute atomic E-state index is 10.0. The fourth-order valence-electron chi connectivity index (χ4n) is 3.38. The fraction of sp³-hybridized carbons (Fsp3) is 0.350. The largest absolute Gasteiger partial charge is 0.506 e. The standard InChI is InChI=1S/C20H22N4O/c1-2-4-19-21-11-15-12-24(10-9-17(15)23-19)13-16-8-7-14-5-3-6-18(25)20(14)22-16/h3,5-8,11,25H,2,4,9-10,12-13H2,1H3.